The summed E-state index contributed by atoms with van der Waals surface area (Å²) in [6.45, 7) is 2.21. The molecule has 0 saturated carbocycles. The number of thiazole rings is 1. The zero-order valence-electron chi connectivity index (χ0n) is 14.5. The summed E-state index contributed by atoms with van der Waals surface area (Å²) in [4.78, 5) is 42.1. The maximum atomic E-state index is 14.4. The van der Waals surface area contributed by atoms with Crippen LogP contribution in [-0.2, 0) is 14.4 Å². The highest BCUT2D eigenvalue weighted by molar-refractivity contribution is 7.13. The van der Waals surface area contributed by atoms with E-state index in [0.717, 1.165) is 6.42 Å². The molecule has 0 aromatic carbocycles. The molecule has 1 aliphatic rings. The molecule has 8 nitrogen and oxygen atoms in total. The first-order chi connectivity index (χ1) is 12.5. The lowest BCUT2D eigenvalue weighted by Crippen LogP contribution is -2.49. The van der Waals surface area contributed by atoms with Crippen molar-refractivity contribution in [2.45, 2.75) is 51.2 Å². The average molecular weight is 386 g/mol. The number of halogens is 1. The number of carbonyl (C=O) groups is 3. The van der Waals surface area contributed by atoms with Crippen molar-refractivity contribution in [2.75, 3.05) is 11.9 Å². The lowest BCUT2D eigenvalue weighted by molar-refractivity contribution is -0.148. The number of alkyl halides is 1. The number of aromatic nitrogens is 1. The van der Waals surface area contributed by atoms with Gasteiger partial charge in [-0.3, -0.25) is 19.6 Å². The van der Waals surface area contributed by atoms with Crippen LogP contribution in [-0.4, -0.2) is 51.6 Å². The Morgan fingerprint density at radius 3 is 2.88 bits per heavy atom. The monoisotopic (exact) mass is 386 g/mol. The van der Waals surface area contributed by atoms with E-state index in [1.54, 1.807) is 11.6 Å². The summed E-state index contributed by atoms with van der Waals surface area (Å²) < 4.78 is 14.4. The van der Waals surface area contributed by atoms with Crippen LogP contribution < -0.4 is 10.8 Å². The van der Waals surface area contributed by atoms with Crippen LogP contribution in [0.15, 0.2) is 11.6 Å². The molecule has 3 amide bonds. The van der Waals surface area contributed by atoms with Crippen molar-refractivity contribution in [1.82, 2.24) is 15.4 Å². The Kier molecular flexibility index (Phi) is 7.46. The third-order valence-electron chi connectivity index (χ3n) is 4.40. The minimum Gasteiger partial charge on any atom is -0.330 e. The minimum atomic E-state index is -2.16. The Morgan fingerprint density at radius 1 is 1.50 bits per heavy atom. The molecule has 10 heteroatoms. The average Bonchev–Trinajstić information content (AvgIpc) is 3.32. The van der Waals surface area contributed by atoms with Gasteiger partial charge in [-0.1, -0.05) is 19.8 Å². The highest BCUT2D eigenvalue weighted by atomic mass is 32.1. The van der Waals surface area contributed by atoms with Crippen molar-refractivity contribution in [3.63, 3.8) is 0 Å². The largest absolute Gasteiger partial charge is 0.330 e. The first kappa shape index (κ1) is 20.2. The number of likely N-dealkylation sites (tertiary alicyclic amines) is 1. The summed E-state index contributed by atoms with van der Waals surface area (Å²) in [7, 11) is 0. The van der Waals surface area contributed by atoms with Crippen LogP contribution in [0.3, 0.4) is 0 Å². The molecule has 2 heterocycles. The lowest BCUT2D eigenvalue weighted by atomic mass is 9.94. The topological polar surface area (TPSA) is 112 Å². The molecule has 1 aromatic rings. The van der Waals surface area contributed by atoms with Crippen LogP contribution in [0.1, 0.15) is 39.0 Å². The number of carbonyl (C=O) groups excluding carboxylic acids is 3. The van der Waals surface area contributed by atoms with Gasteiger partial charge < -0.3 is 10.2 Å². The molecule has 1 saturated heterocycles. The second-order valence-corrected chi connectivity index (χ2v) is 7.04. The van der Waals surface area contributed by atoms with Gasteiger partial charge in [0.1, 0.15) is 6.04 Å². The molecule has 26 heavy (non-hydrogen) atoms. The van der Waals surface area contributed by atoms with Gasteiger partial charge in [0, 0.05) is 18.1 Å². The van der Waals surface area contributed by atoms with Crippen molar-refractivity contribution < 1.29 is 24.0 Å². The molecular weight excluding hydrogens is 363 g/mol. The molecule has 3 atom stereocenters. The van der Waals surface area contributed by atoms with Crippen LogP contribution in [0.4, 0.5) is 9.52 Å². The van der Waals surface area contributed by atoms with Gasteiger partial charge in [0.25, 0.3) is 5.91 Å². The predicted octanol–water partition coefficient (Wildman–Crippen LogP) is 1.72. The Hall–Kier alpha value is -2.07. The number of unbranched alkanes of at least 4 members (excludes halogenated alkanes) is 1. The van der Waals surface area contributed by atoms with Gasteiger partial charge in [-0.05, 0) is 19.3 Å². The highest BCUT2D eigenvalue weighted by Crippen LogP contribution is 2.26. The smallest absolute Gasteiger partial charge is 0.278 e. The second kappa shape index (κ2) is 9.58. The fourth-order valence-corrected chi connectivity index (χ4v) is 3.59. The van der Waals surface area contributed by atoms with Gasteiger partial charge in [0.15, 0.2) is 11.3 Å². The lowest BCUT2D eigenvalue weighted by Gasteiger charge is -2.29. The van der Waals surface area contributed by atoms with E-state index in [1.165, 1.54) is 21.7 Å². The van der Waals surface area contributed by atoms with Crippen LogP contribution in [0, 0.1) is 5.92 Å². The third kappa shape index (κ3) is 4.76. The molecule has 3 N–H and O–H groups in total. The van der Waals surface area contributed by atoms with Gasteiger partial charge in [-0.15, -0.1) is 11.3 Å². The van der Waals surface area contributed by atoms with Crippen LogP contribution in [0.5, 0.6) is 0 Å². The van der Waals surface area contributed by atoms with Crippen molar-refractivity contribution in [3.05, 3.63) is 11.6 Å². The van der Waals surface area contributed by atoms with E-state index >= 15 is 0 Å². The summed E-state index contributed by atoms with van der Waals surface area (Å²) in [5, 5.41) is 13.5. The zero-order chi connectivity index (χ0) is 19.1. The predicted molar refractivity (Wildman–Crippen MR) is 93.3 cm³/mol. The summed E-state index contributed by atoms with van der Waals surface area (Å²) in [6, 6.07) is -0.722. The highest BCUT2D eigenvalue weighted by Gasteiger charge is 2.41. The van der Waals surface area contributed by atoms with Crippen molar-refractivity contribution in [3.8, 4) is 0 Å². The molecule has 0 radical (unpaired) electrons. The minimum absolute atomic E-state index is 0.168. The van der Waals surface area contributed by atoms with Gasteiger partial charge >= 0.3 is 0 Å². The Balaban J connectivity index is 2.11. The van der Waals surface area contributed by atoms with Gasteiger partial charge in [-0.25, -0.2) is 14.9 Å². The number of anilines is 1. The van der Waals surface area contributed by atoms with E-state index < -0.39 is 29.9 Å². The molecule has 0 aliphatic carbocycles. The van der Waals surface area contributed by atoms with E-state index in [4.69, 9.17) is 5.21 Å². The quantitative estimate of drug-likeness (QED) is 0.465. The molecule has 0 spiro atoms. The van der Waals surface area contributed by atoms with Gasteiger partial charge in [0.2, 0.25) is 11.8 Å². The number of amides is 3. The van der Waals surface area contributed by atoms with Crippen molar-refractivity contribution in [1.29, 1.82) is 0 Å². The normalized spacial score (nSPS) is 19.0. The fraction of sp³-hybridized carbons (Fsp3) is 0.625. The Morgan fingerprint density at radius 2 is 2.27 bits per heavy atom. The van der Waals surface area contributed by atoms with Gasteiger partial charge in [0.05, 0.1) is 5.92 Å². The van der Waals surface area contributed by atoms with E-state index in [2.05, 4.69) is 10.3 Å². The van der Waals surface area contributed by atoms with E-state index in [9.17, 15) is 18.8 Å². The number of rotatable bonds is 8. The zero-order valence-corrected chi connectivity index (χ0v) is 15.3. The van der Waals surface area contributed by atoms with Gasteiger partial charge in [-0.2, -0.15) is 0 Å². The SMILES string of the molecule is CCCC[C@@H](C(=O)N1CCC[C@H]1C(=O)Nc1nccs1)[C@H](F)C(=O)NO. The Bertz CT molecular complexity index is 628. The van der Waals surface area contributed by atoms with E-state index in [-0.39, 0.29) is 12.3 Å². The van der Waals surface area contributed by atoms with Crippen LogP contribution >= 0.6 is 11.3 Å². The summed E-state index contributed by atoms with van der Waals surface area (Å²) >= 11 is 1.26. The molecule has 1 aromatic heterocycles. The third-order valence-corrected chi connectivity index (χ3v) is 5.09. The number of nitrogens with one attached hydrogen (secondary N) is 2. The van der Waals surface area contributed by atoms with Crippen LogP contribution in [0.25, 0.3) is 0 Å². The van der Waals surface area contributed by atoms with Crippen molar-refractivity contribution >= 4 is 34.2 Å². The first-order valence-electron chi connectivity index (χ1n) is 8.58. The molecule has 0 bridgehead atoms. The number of nitrogens with zero attached hydrogens (tertiary/aromatic N) is 2. The van der Waals surface area contributed by atoms with E-state index in [0.29, 0.717) is 30.9 Å². The van der Waals surface area contributed by atoms with Crippen molar-refractivity contribution in [2.24, 2.45) is 5.92 Å². The molecule has 1 fully saturated rings. The second-order valence-electron chi connectivity index (χ2n) is 6.14. The number of hydrogen-bond acceptors (Lipinski definition) is 6. The fourth-order valence-electron chi connectivity index (χ4n) is 3.05. The molecule has 144 valence electrons. The van der Waals surface area contributed by atoms with E-state index in [1.807, 2.05) is 6.92 Å². The maximum Gasteiger partial charge on any atom is 0.278 e. The van der Waals surface area contributed by atoms with Crippen LogP contribution in [0.2, 0.25) is 0 Å². The number of hydroxylamine groups is 1. The summed E-state index contributed by atoms with van der Waals surface area (Å²) in [5.41, 5.74) is 1.26. The molecule has 2 rings (SSSR count). The molecule has 1 aliphatic heterocycles. The molecule has 0 unspecified atom stereocenters. The standard InChI is InChI=1S/C16H23FN4O4S/c1-2-3-5-10(12(17)14(23)20-25)15(24)21-8-4-6-11(21)13(22)19-16-18-7-9-26-16/h7,9-12,25H,2-6,8H2,1H3,(H,20,23)(H,18,19,22)/t10-,11+,12+/m1/s1. The first-order valence-corrected chi connectivity index (χ1v) is 9.46. The summed E-state index contributed by atoms with van der Waals surface area (Å²) in [6.07, 6.45) is 1.92. The summed E-state index contributed by atoms with van der Waals surface area (Å²) in [5.74, 6) is -3.42. The Labute approximate surface area is 154 Å². The molecular formula is C16H23FN4O4S. The maximum absolute atomic E-state index is 14.4. The number of hydrogen-bond donors (Lipinski definition) is 3.